The highest BCUT2D eigenvalue weighted by Gasteiger charge is 2.28. The Morgan fingerprint density at radius 2 is 1.79 bits per heavy atom. The van der Waals surface area contributed by atoms with Gasteiger partial charge in [0.25, 0.3) is 5.91 Å². The van der Waals surface area contributed by atoms with Crippen molar-refractivity contribution in [2.45, 2.75) is 46.7 Å². The zero-order chi connectivity index (χ0) is 27.0. The molecule has 38 heavy (non-hydrogen) atoms. The number of esters is 1. The van der Waals surface area contributed by atoms with Crippen molar-refractivity contribution in [3.05, 3.63) is 64.1 Å². The maximum atomic E-state index is 13.7. The first-order valence-corrected chi connectivity index (χ1v) is 13.5. The summed E-state index contributed by atoms with van der Waals surface area (Å²) < 4.78 is 20.9. The molecule has 0 spiro atoms. The SMILES string of the molecule is COC(=O)CN1CCN(C(=O)c2cc(NCc3ccc(F)cc3C)c3c(c2)c(C)c(C)n3CC2CC2)CC1. The highest BCUT2D eigenvalue weighted by Crippen LogP contribution is 2.38. The second-order valence-corrected chi connectivity index (χ2v) is 10.8. The molecule has 0 radical (unpaired) electrons. The largest absolute Gasteiger partial charge is 0.468 e. The first kappa shape index (κ1) is 26.2. The van der Waals surface area contributed by atoms with Gasteiger partial charge in [-0.25, -0.2) is 4.39 Å². The Morgan fingerprint density at radius 1 is 1.05 bits per heavy atom. The highest BCUT2D eigenvalue weighted by molar-refractivity contribution is 6.04. The second-order valence-electron chi connectivity index (χ2n) is 10.8. The third kappa shape index (κ3) is 5.41. The monoisotopic (exact) mass is 520 g/mol. The molecule has 5 rings (SSSR count). The Bertz CT molecular complexity index is 1370. The Labute approximate surface area is 223 Å². The smallest absolute Gasteiger partial charge is 0.319 e. The molecule has 2 aromatic carbocycles. The van der Waals surface area contributed by atoms with Gasteiger partial charge in [0.05, 0.1) is 24.9 Å². The molecule has 0 bridgehead atoms. The molecular formula is C30H37FN4O3. The maximum absolute atomic E-state index is 13.7. The van der Waals surface area contributed by atoms with E-state index in [0.717, 1.165) is 34.3 Å². The van der Waals surface area contributed by atoms with Crippen LogP contribution in [0.4, 0.5) is 10.1 Å². The average molecular weight is 521 g/mol. The van der Waals surface area contributed by atoms with Gasteiger partial charge in [-0.05, 0) is 80.5 Å². The molecule has 0 unspecified atom stereocenters. The van der Waals surface area contributed by atoms with Crippen molar-refractivity contribution in [2.24, 2.45) is 5.92 Å². The molecule has 8 heteroatoms. The molecule has 2 aliphatic rings. The first-order valence-electron chi connectivity index (χ1n) is 13.5. The summed E-state index contributed by atoms with van der Waals surface area (Å²) in [5.41, 5.74) is 7.05. The van der Waals surface area contributed by atoms with Crippen molar-refractivity contribution < 1.29 is 18.7 Å². The number of nitrogens with one attached hydrogen (secondary N) is 1. The molecule has 1 saturated carbocycles. The molecular weight excluding hydrogens is 483 g/mol. The number of carbonyl (C=O) groups excluding carboxylic acids is 2. The summed E-state index contributed by atoms with van der Waals surface area (Å²) in [5.74, 6) is 0.206. The van der Waals surface area contributed by atoms with Crippen LogP contribution < -0.4 is 5.32 Å². The van der Waals surface area contributed by atoms with Crippen molar-refractivity contribution in [3.8, 4) is 0 Å². The standard InChI is InChI=1S/C30H37FN4O3/c1-19-13-25(31)8-7-23(19)16-32-27-15-24(30(37)34-11-9-33(10-12-34)18-28(36)38-4)14-26-20(2)21(3)35(29(26)27)17-22-5-6-22/h7-8,13-15,22,32H,5-6,9-12,16-18H2,1-4H3. The van der Waals surface area contributed by atoms with Crippen molar-refractivity contribution >= 4 is 28.5 Å². The van der Waals surface area contributed by atoms with Gasteiger partial charge < -0.3 is 19.5 Å². The van der Waals surface area contributed by atoms with Crippen molar-refractivity contribution in [2.75, 3.05) is 45.2 Å². The molecule has 1 amide bonds. The normalized spacial score (nSPS) is 16.2. The van der Waals surface area contributed by atoms with E-state index in [2.05, 4.69) is 23.7 Å². The zero-order valence-electron chi connectivity index (χ0n) is 22.8. The number of carbonyl (C=O) groups is 2. The van der Waals surface area contributed by atoms with Crippen LogP contribution in [0.25, 0.3) is 10.9 Å². The number of amides is 1. The van der Waals surface area contributed by atoms with Crippen LogP contribution in [0, 0.1) is 32.5 Å². The van der Waals surface area contributed by atoms with Crippen molar-refractivity contribution in [3.63, 3.8) is 0 Å². The van der Waals surface area contributed by atoms with E-state index in [9.17, 15) is 14.0 Å². The van der Waals surface area contributed by atoms with E-state index >= 15 is 0 Å². The van der Waals surface area contributed by atoms with Gasteiger partial charge in [-0.3, -0.25) is 14.5 Å². The van der Waals surface area contributed by atoms with E-state index in [0.29, 0.717) is 44.2 Å². The molecule has 1 aromatic heterocycles. The fraction of sp³-hybridized carbons (Fsp3) is 0.467. The lowest BCUT2D eigenvalue weighted by Gasteiger charge is -2.34. The summed E-state index contributed by atoms with van der Waals surface area (Å²) in [7, 11) is 1.39. The van der Waals surface area contributed by atoms with E-state index in [1.165, 1.54) is 37.3 Å². The molecule has 2 heterocycles. The van der Waals surface area contributed by atoms with Gasteiger partial charge in [0.1, 0.15) is 5.82 Å². The summed E-state index contributed by atoms with van der Waals surface area (Å²) in [6.45, 7) is 10.4. The molecule has 1 saturated heterocycles. The Morgan fingerprint density at radius 3 is 2.45 bits per heavy atom. The van der Waals surface area contributed by atoms with Crippen LogP contribution in [0.3, 0.4) is 0 Å². The van der Waals surface area contributed by atoms with Crippen LogP contribution in [-0.2, 0) is 22.6 Å². The number of methoxy groups -OCH3 is 1. The van der Waals surface area contributed by atoms with Crippen LogP contribution in [0.15, 0.2) is 30.3 Å². The van der Waals surface area contributed by atoms with E-state index < -0.39 is 0 Å². The number of hydrogen-bond donors (Lipinski definition) is 1. The summed E-state index contributed by atoms with van der Waals surface area (Å²) in [6, 6.07) is 8.88. The highest BCUT2D eigenvalue weighted by atomic mass is 19.1. The minimum absolute atomic E-state index is 0.00220. The maximum Gasteiger partial charge on any atom is 0.319 e. The van der Waals surface area contributed by atoms with Gasteiger partial charge in [-0.2, -0.15) is 0 Å². The van der Waals surface area contributed by atoms with Gasteiger partial charge in [0.15, 0.2) is 0 Å². The number of nitrogens with zero attached hydrogens (tertiary/aromatic N) is 3. The van der Waals surface area contributed by atoms with E-state index in [1.54, 1.807) is 6.07 Å². The molecule has 1 aliphatic heterocycles. The summed E-state index contributed by atoms with van der Waals surface area (Å²) in [4.78, 5) is 29.2. The van der Waals surface area contributed by atoms with Crippen LogP contribution in [0.2, 0.25) is 0 Å². The van der Waals surface area contributed by atoms with E-state index in [4.69, 9.17) is 4.74 Å². The topological polar surface area (TPSA) is 66.8 Å². The molecule has 1 N–H and O–H groups in total. The fourth-order valence-corrected chi connectivity index (χ4v) is 5.41. The number of ether oxygens (including phenoxy) is 1. The Balaban J connectivity index is 1.45. The lowest BCUT2D eigenvalue weighted by molar-refractivity contribution is -0.142. The number of anilines is 1. The van der Waals surface area contributed by atoms with Gasteiger partial charge in [-0.1, -0.05) is 6.07 Å². The number of halogens is 1. The third-order valence-corrected chi connectivity index (χ3v) is 8.13. The predicted octanol–water partition coefficient (Wildman–Crippen LogP) is 4.66. The number of fused-ring (bicyclic) bond motifs is 1. The van der Waals surface area contributed by atoms with Crippen molar-refractivity contribution in [1.82, 2.24) is 14.4 Å². The molecule has 1 aliphatic carbocycles. The number of aromatic nitrogens is 1. The summed E-state index contributed by atoms with van der Waals surface area (Å²) in [6.07, 6.45) is 2.52. The van der Waals surface area contributed by atoms with Gasteiger partial charge in [0, 0.05) is 55.9 Å². The Kier molecular flexibility index (Phi) is 7.43. The number of aryl methyl sites for hydroxylation is 2. The molecule has 3 aromatic rings. The lowest BCUT2D eigenvalue weighted by Crippen LogP contribution is -2.50. The van der Waals surface area contributed by atoms with Crippen LogP contribution >= 0.6 is 0 Å². The summed E-state index contributed by atoms with van der Waals surface area (Å²) in [5, 5.41) is 4.69. The number of hydrogen-bond acceptors (Lipinski definition) is 5. The third-order valence-electron chi connectivity index (χ3n) is 8.13. The van der Waals surface area contributed by atoms with Gasteiger partial charge in [0.2, 0.25) is 0 Å². The van der Waals surface area contributed by atoms with E-state index in [1.807, 2.05) is 34.9 Å². The lowest BCUT2D eigenvalue weighted by atomic mass is 10.0. The first-order chi connectivity index (χ1) is 18.2. The fourth-order valence-electron chi connectivity index (χ4n) is 5.41. The van der Waals surface area contributed by atoms with Crippen LogP contribution in [-0.4, -0.2) is 66.1 Å². The average Bonchev–Trinajstić information content (AvgIpc) is 3.70. The van der Waals surface area contributed by atoms with Gasteiger partial charge >= 0.3 is 5.97 Å². The minimum atomic E-state index is -0.260. The van der Waals surface area contributed by atoms with Crippen LogP contribution in [0.1, 0.15) is 45.6 Å². The molecule has 0 atom stereocenters. The van der Waals surface area contributed by atoms with Gasteiger partial charge in [-0.15, -0.1) is 0 Å². The number of rotatable bonds is 8. The zero-order valence-corrected chi connectivity index (χ0v) is 22.8. The number of benzene rings is 2. The molecule has 2 fully saturated rings. The minimum Gasteiger partial charge on any atom is -0.468 e. The number of piperazine rings is 1. The van der Waals surface area contributed by atoms with E-state index in [-0.39, 0.29) is 24.2 Å². The quantitative estimate of drug-likeness (QED) is 0.438. The second kappa shape index (κ2) is 10.8. The van der Waals surface area contributed by atoms with Crippen molar-refractivity contribution in [1.29, 1.82) is 0 Å². The predicted molar refractivity (Wildman–Crippen MR) is 147 cm³/mol. The molecule has 7 nitrogen and oxygen atoms in total. The molecule has 202 valence electrons. The van der Waals surface area contributed by atoms with Crippen LogP contribution in [0.5, 0.6) is 0 Å². The Hall–Kier alpha value is -3.39. The summed E-state index contributed by atoms with van der Waals surface area (Å²) >= 11 is 0.